The number of aromatic nitrogens is 1. The molecule has 3 rings (SSSR count). The lowest BCUT2D eigenvalue weighted by Gasteiger charge is -2.06. The van der Waals surface area contributed by atoms with Crippen LogP contribution in [0.5, 0.6) is 0 Å². The fourth-order valence-electron chi connectivity index (χ4n) is 2.75. The summed E-state index contributed by atoms with van der Waals surface area (Å²) >= 11 is 0. The zero-order chi connectivity index (χ0) is 17.8. The van der Waals surface area contributed by atoms with Gasteiger partial charge in [-0.05, 0) is 36.2 Å². The summed E-state index contributed by atoms with van der Waals surface area (Å²) in [6.07, 6.45) is 3.54. The summed E-state index contributed by atoms with van der Waals surface area (Å²) in [5.74, 6) is -0.767. The van der Waals surface area contributed by atoms with E-state index in [2.05, 4.69) is 5.43 Å². The first-order valence-corrected chi connectivity index (χ1v) is 7.82. The Labute approximate surface area is 143 Å². The molecule has 0 atom stereocenters. The third-order valence-electron chi connectivity index (χ3n) is 3.83. The van der Waals surface area contributed by atoms with Crippen LogP contribution >= 0.6 is 0 Å². The minimum absolute atomic E-state index is 0.269. The zero-order valence-corrected chi connectivity index (χ0v) is 13.6. The minimum atomic E-state index is -0.428. The number of nitrogens with one attached hydrogen (secondary N) is 2. The maximum Gasteiger partial charge on any atom is 0.340 e. The molecular formula is C18H17FN4O2. The van der Waals surface area contributed by atoms with Crippen LogP contribution < -0.4 is 10.6 Å². The summed E-state index contributed by atoms with van der Waals surface area (Å²) in [6, 6.07) is 9.74. The van der Waals surface area contributed by atoms with Gasteiger partial charge in [-0.15, -0.1) is 0 Å². The molecule has 6 nitrogen and oxygen atoms in total. The Bertz CT molecular complexity index is 919. The number of hydrogen-bond donors (Lipinski definition) is 2. The van der Waals surface area contributed by atoms with Gasteiger partial charge in [0, 0.05) is 24.5 Å². The van der Waals surface area contributed by atoms with Gasteiger partial charge in [-0.3, -0.25) is 5.43 Å². The second-order valence-electron chi connectivity index (χ2n) is 5.44. The molecular weight excluding hydrogens is 323 g/mol. The maximum atomic E-state index is 13.3. The van der Waals surface area contributed by atoms with Crippen LogP contribution in [0.1, 0.15) is 22.8 Å². The van der Waals surface area contributed by atoms with E-state index in [1.54, 1.807) is 25.3 Å². The second kappa shape index (κ2) is 7.12. The van der Waals surface area contributed by atoms with Gasteiger partial charge in [-0.25, -0.2) is 9.18 Å². The van der Waals surface area contributed by atoms with E-state index in [1.807, 2.05) is 28.0 Å². The summed E-state index contributed by atoms with van der Waals surface area (Å²) in [4.78, 5) is 12.4. The van der Waals surface area contributed by atoms with E-state index in [4.69, 9.17) is 10.3 Å². The molecule has 0 aliphatic carbocycles. The molecule has 0 saturated heterocycles. The van der Waals surface area contributed by atoms with Crippen molar-refractivity contribution in [1.82, 2.24) is 9.83 Å². The summed E-state index contributed by atoms with van der Waals surface area (Å²) in [7, 11) is 0. The molecule has 0 unspecified atom stereocenters. The highest BCUT2D eigenvalue weighted by atomic mass is 19.1. The number of rotatable bonds is 6. The summed E-state index contributed by atoms with van der Waals surface area (Å²) < 4.78 is 20.2. The third-order valence-corrected chi connectivity index (χ3v) is 3.83. The Morgan fingerprint density at radius 3 is 2.68 bits per heavy atom. The van der Waals surface area contributed by atoms with Gasteiger partial charge in [-0.1, -0.05) is 18.2 Å². The molecule has 0 aliphatic rings. The van der Waals surface area contributed by atoms with Crippen LogP contribution in [0.4, 0.5) is 4.39 Å². The molecule has 0 aliphatic heterocycles. The SMILES string of the molecule is CCOC(=O)c1cn2cc(CN[NH+]=[N-])ccc2c1-c1ccc(F)cc1. The molecule has 0 fully saturated rings. The minimum Gasteiger partial charge on any atom is -0.462 e. The molecule has 2 aromatic heterocycles. The van der Waals surface area contributed by atoms with Crippen LogP contribution in [-0.2, 0) is 11.3 Å². The van der Waals surface area contributed by atoms with Gasteiger partial charge in [0.15, 0.2) is 0 Å². The number of halogens is 1. The lowest BCUT2D eigenvalue weighted by Crippen LogP contribution is -2.74. The van der Waals surface area contributed by atoms with E-state index in [-0.39, 0.29) is 12.4 Å². The highest BCUT2D eigenvalue weighted by Gasteiger charge is 2.19. The van der Waals surface area contributed by atoms with Gasteiger partial charge in [0.05, 0.1) is 17.7 Å². The van der Waals surface area contributed by atoms with Gasteiger partial charge >= 0.3 is 5.97 Å². The summed E-state index contributed by atoms with van der Waals surface area (Å²) in [5, 5.41) is 1.88. The van der Waals surface area contributed by atoms with E-state index < -0.39 is 5.97 Å². The van der Waals surface area contributed by atoms with Gasteiger partial charge in [0.2, 0.25) is 0 Å². The summed E-state index contributed by atoms with van der Waals surface area (Å²) in [5.41, 5.74) is 14.8. The number of carbonyl (C=O) groups excluding carboxylic acids is 1. The number of esters is 1. The zero-order valence-electron chi connectivity index (χ0n) is 13.6. The van der Waals surface area contributed by atoms with Gasteiger partial charge in [0.1, 0.15) is 5.82 Å². The maximum absolute atomic E-state index is 13.3. The monoisotopic (exact) mass is 340 g/mol. The molecule has 0 amide bonds. The Morgan fingerprint density at radius 1 is 1.24 bits per heavy atom. The Morgan fingerprint density at radius 2 is 2.00 bits per heavy atom. The number of hydrazine groups is 1. The highest BCUT2D eigenvalue weighted by molar-refractivity contribution is 6.02. The first-order valence-electron chi connectivity index (χ1n) is 7.82. The molecule has 25 heavy (non-hydrogen) atoms. The van der Waals surface area contributed by atoms with Crippen molar-refractivity contribution in [2.75, 3.05) is 6.61 Å². The molecule has 128 valence electrons. The van der Waals surface area contributed by atoms with Crippen molar-refractivity contribution in [2.45, 2.75) is 13.5 Å². The van der Waals surface area contributed by atoms with Crippen LogP contribution in [0, 0.1) is 5.82 Å². The predicted molar refractivity (Wildman–Crippen MR) is 89.9 cm³/mol. The fourth-order valence-corrected chi connectivity index (χ4v) is 2.75. The average Bonchev–Trinajstić information content (AvgIpc) is 2.99. The number of carbonyl (C=O) groups is 1. The van der Waals surface area contributed by atoms with E-state index in [0.29, 0.717) is 17.7 Å². The molecule has 0 radical (unpaired) electrons. The quantitative estimate of drug-likeness (QED) is 0.409. The Hall–Kier alpha value is -3.22. The van der Waals surface area contributed by atoms with E-state index >= 15 is 0 Å². The largest absolute Gasteiger partial charge is 0.462 e. The van der Waals surface area contributed by atoms with Gasteiger partial charge in [-0.2, -0.15) is 10.8 Å². The Balaban J connectivity index is 2.16. The Kier molecular flexibility index (Phi) is 4.74. The van der Waals surface area contributed by atoms with Gasteiger partial charge < -0.3 is 9.14 Å². The van der Waals surface area contributed by atoms with Crippen molar-refractivity contribution < 1.29 is 19.1 Å². The van der Waals surface area contributed by atoms with Crippen molar-refractivity contribution in [2.24, 2.45) is 0 Å². The topological polar surface area (TPSA) is 79.0 Å². The first kappa shape index (κ1) is 16.6. The molecule has 0 bridgehead atoms. The molecule has 2 heterocycles. The third kappa shape index (κ3) is 3.35. The van der Waals surface area contributed by atoms with Crippen LogP contribution in [0.3, 0.4) is 0 Å². The standard InChI is InChI=1S/C18H17FN4O2/c1-2-25-18(24)15-11-23-10-12(9-21-22-20)3-8-16(23)17(15)13-4-6-14(19)7-5-13/h3-8,10-11,22H,2,9H2,1H3,(H-,20,21). The fraction of sp³-hybridized carbons (Fsp3) is 0.167. The van der Waals surface area contributed by atoms with Crippen molar-refractivity contribution in [3.05, 3.63) is 71.3 Å². The van der Waals surface area contributed by atoms with E-state index in [1.165, 1.54) is 12.1 Å². The second-order valence-corrected chi connectivity index (χ2v) is 5.44. The summed E-state index contributed by atoms with van der Waals surface area (Å²) in [6.45, 7) is 2.41. The predicted octanol–water partition coefficient (Wildman–Crippen LogP) is 2.03. The molecule has 1 aromatic carbocycles. The van der Waals surface area contributed by atoms with Crippen molar-refractivity contribution in [3.63, 3.8) is 0 Å². The smallest absolute Gasteiger partial charge is 0.340 e. The number of nitrogens with zero attached hydrogens (tertiary/aromatic N) is 2. The van der Waals surface area contributed by atoms with Crippen LogP contribution in [0.15, 0.2) is 48.8 Å². The number of fused-ring (bicyclic) bond motifs is 1. The lowest BCUT2D eigenvalue weighted by atomic mass is 10.0. The number of pyridine rings is 1. The molecule has 3 aromatic rings. The first-order chi connectivity index (χ1) is 12.1. The molecule has 0 saturated carbocycles. The molecule has 7 heteroatoms. The van der Waals surface area contributed by atoms with Crippen molar-refractivity contribution in [1.29, 1.82) is 0 Å². The average molecular weight is 340 g/mol. The number of hydrogen-bond acceptors (Lipinski definition) is 2. The van der Waals surface area contributed by atoms with E-state index in [0.717, 1.165) is 16.6 Å². The molecule has 0 spiro atoms. The van der Waals surface area contributed by atoms with Gasteiger partial charge in [0.25, 0.3) is 0 Å². The van der Waals surface area contributed by atoms with E-state index in [9.17, 15) is 9.18 Å². The van der Waals surface area contributed by atoms with Crippen LogP contribution in [0.2, 0.25) is 0 Å². The number of benzene rings is 1. The van der Waals surface area contributed by atoms with Crippen LogP contribution in [0.25, 0.3) is 22.2 Å². The molecule has 2 N–H and O–H groups in total. The lowest BCUT2D eigenvalue weighted by molar-refractivity contribution is -0.551. The van der Waals surface area contributed by atoms with Crippen LogP contribution in [-0.4, -0.2) is 17.0 Å². The number of ether oxygens (including phenoxy) is 1. The van der Waals surface area contributed by atoms with Crippen molar-refractivity contribution >= 4 is 11.5 Å². The highest BCUT2D eigenvalue weighted by Crippen LogP contribution is 2.31. The normalized spacial score (nSPS) is 10.6. The van der Waals surface area contributed by atoms with Crippen molar-refractivity contribution in [3.8, 4) is 11.1 Å².